The second-order valence-electron chi connectivity index (χ2n) is 8.51. The quantitative estimate of drug-likeness (QED) is 0.150. The molecule has 4 heteroatoms. The van der Waals surface area contributed by atoms with Crippen molar-refractivity contribution in [3.8, 4) is 0 Å². The summed E-state index contributed by atoms with van der Waals surface area (Å²) in [4.78, 5) is 12.6. The van der Waals surface area contributed by atoms with Crippen LogP contribution in [0.4, 0.5) is 0 Å². The van der Waals surface area contributed by atoms with E-state index in [1.807, 2.05) is 0 Å². The van der Waals surface area contributed by atoms with Crippen molar-refractivity contribution < 1.29 is 14.6 Å². The fourth-order valence-corrected chi connectivity index (χ4v) is 3.67. The van der Waals surface area contributed by atoms with E-state index >= 15 is 0 Å². The summed E-state index contributed by atoms with van der Waals surface area (Å²) in [6, 6.07) is 0. The predicted molar refractivity (Wildman–Crippen MR) is 124 cm³/mol. The Balaban J connectivity index is 3.87. The molecule has 1 unspecified atom stereocenters. The van der Waals surface area contributed by atoms with Gasteiger partial charge in [-0.1, -0.05) is 78.1 Å². The van der Waals surface area contributed by atoms with Crippen LogP contribution in [0.5, 0.6) is 0 Å². The van der Waals surface area contributed by atoms with Gasteiger partial charge in [0.2, 0.25) is 0 Å². The van der Waals surface area contributed by atoms with Crippen molar-refractivity contribution in [2.24, 2.45) is 5.92 Å². The average Bonchev–Trinajstić information content (AvgIpc) is 2.73. The van der Waals surface area contributed by atoms with Crippen molar-refractivity contribution in [3.63, 3.8) is 0 Å². The number of unbranched alkanes of at least 4 members (excludes halogenated alkanes) is 11. The van der Waals surface area contributed by atoms with E-state index in [0.29, 0.717) is 6.61 Å². The van der Waals surface area contributed by atoms with Gasteiger partial charge in [0.1, 0.15) is 0 Å². The van der Waals surface area contributed by atoms with E-state index < -0.39 is 0 Å². The van der Waals surface area contributed by atoms with Gasteiger partial charge in [-0.2, -0.15) is 0 Å². The Morgan fingerprint density at radius 1 is 0.724 bits per heavy atom. The molecule has 0 bridgehead atoms. The van der Waals surface area contributed by atoms with Crippen LogP contribution >= 0.6 is 0 Å². The SMILES string of the molecule is CCCCCCCCC(CCCCCC)C(=O)OCCCCCNCCCCO. The maximum absolute atomic E-state index is 12.6. The first kappa shape index (κ1) is 28.4. The lowest BCUT2D eigenvalue weighted by molar-refractivity contribution is -0.149. The zero-order chi connectivity index (χ0) is 21.4. The highest BCUT2D eigenvalue weighted by molar-refractivity contribution is 5.72. The minimum atomic E-state index is 0.0529. The predicted octanol–water partition coefficient (Wildman–Crippen LogP) is 6.40. The molecule has 0 saturated heterocycles. The van der Waals surface area contributed by atoms with Crippen LogP contribution in [0.15, 0.2) is 0 Å². The summed E-state index contributed by atoms with van der Waals surface area (Å²) < 4.78 is 5.63. The highest BCUT2D eigenvalue weighted by Gasteiger charge is 2.19. The first-order chi connectivity index (χ1) is 14.3. The number of hydrogen-bond acceptors (Lipinski definition) is 4. The van der Waals surface area contributed by atoms with Crippen LogP contribution in [0.3, 0.4) is 0 Å². The highest BCUT2D eigenvalue weighted by Crippen LogP contribution is 2.20. The van der Waals surface area contributed by atoms with Crippen LogP contribution in [0, 0.1) is 5.92 Å². The third-order valence-electron chi connectivity index (χ3n) is 5.65. The van der Waals surface area contributed by atoms with Crippen LogP contribution in [0.1, 0.15) is 123 Å². The van der Waals surface area contributed by atoms with Gasteiger partial charge >= 0.3 is 5.97 Å². The number of carbonyl (C=O) groups excluding carboxylic acids is 1. The first-order valence-electron chi connectivity index (χ1n) is 12.7. The lowest BCUT2D eigenvalue weighted by Gasteiger charge is -2.16. The third kappa shape index (κ3) is 20.4. The van der Waals surface area contributed by atoms with Crippen LogP contribution < -0.4 is 5.32 Å². The number of rotatable bonds is 23. The molecule has 4 nitrogen and oxygen atoms in total. The molecule has 0 rings (SSSR count). The summed E-state index contributed by atoms with van der Waals surface area (Å²) in [7, 11) is 0. The normalized spacial score (nSPS) is 12.2. The van der Waals surface area contributed by atoms with E-state index in [4.69, 9.17) is 9.84 Å². The number of nitrogens with one attached hydrogen (secondary N) is 1. The van der Waals surface area contributed by atoms with Crippen molar-refractivity contribution in [3.05, 3.63) is 0 Å². The summed E-state index contributed by atoms with van der Waals surface area (Å²) in [6.45, 7) is 7.33. The third-order valence-corrected chi connectivity index (χ3v) is 5.65. The smallest absolute Gasteiger partial charge is 0.308 e. The van der Waals surface area contributed by atoms with Crippen molar-refractivity contribution in [1.29, 1.82) is 0 Å². The molecule has 1 atom stereocenters. The van der Waals surface area contributed by atoms with Gasteiger partial charge in [0.05, 0.1) is 12.5 Å². The molecule has 0 radical (unpaired) electrons. The second kappa shape index (κ2) is 23.7. The zero-order valence-corrected chi connectivity index (χ0v) is 19.7. The van der Waals surface area contributed by atoms with Crippen molar-refractivity contribution in [2.45, 2.75) is 123 Å². The minimum Gasteiger partial charge on any atom is -0.465 e. The second-order valence-corrected chi connectivity index (χ2v) is 8.51. The Morgan fingerprint density at radius 2 is 1.24 bits per heavy atom. The molecule has 2 N–H and O–H groups in total. The topological polar surface area (TPSA) is 58.6 Å². The monoisotopic (exact) mass is 413 g/mol. The molecule has 0 fully saturated rings. The molecule has 0 heterocycles. The first-order valence-corrected chi connectivity index (χ1v) is 12.7. The summed E-state index contributed by atoms with van der Waals surface area (Å²) >= 11 is 0. The van der Waals surface area contributed by atoms with Crippen molar-refractivity contribution in [1.82, 2.24) is 5.32 Å². The molecular formula is C25H51NO3. The van der Waals surface area contributed by atoms with E-state index in [-0.39, 0.29) is 18.5 Å². The number of hydrogen-bond donors (Lipinski definition) is 2. The Hall–Kier alpha value is -0.610. The van der Waals surface area contributed by atoms with Gasteiger partial charge in [0, 0.05) is 6.61 Å². The summed E-state index contributed by atoms with van der Waals surface area (Å²) in [5.41, 5.74) is 0. The lowest BCUT2D eigenvalue weighted by Crippen LogP contribution is -2.19. The minimum absolute atomic E-state index is 0.0529. The molecule has 0 aromatic rings. The van der Waals surface area contributed by atoms with Gasteiger partial charge < -0.3 is 15.2 Å². The van der Waals surface area contributed by atoms with Crippen LogP contribution in [-0.2, 0) is 9.53 Å². The Labute approximate surface area is 181 Å². The molecule has 0 spiro atoms. The molecule has 0 amide bonds. The van der Waals surface area contributed by atoms with Crippen molar-refractivity contribution >= 4 is 5.97 Å². The number of esters is 1. The summed E-state index contributed by atoms with van der Waals surface area (Å²) in [5, 5.41) is 12.1. The summed E-state index contributed by atoms with van der Waals surface area (Å²) in [5.74, 6) is 0.170. The number of aliphatic hydroxyl groups excluding tert-OH is 1. The largest absolute Gasteiger partial charge is 0.465 e. The number of aliphatic hydroxyl groups is 1. The van der Waals surface area contributed by atoms with E-state index in [1.54, 1.807) is 0 Å². The molecule has 29 heavy (non-hydrogen) atoms. The van der Waals surface area contributed by atoms with Gasteiger partial charge in [-0.3, -0.25) is 4.79 Å². The average molecular weight is 414 g/mol. The highest BCUT2D eigenvalue weighted by atomic mass is 16.5. The fourth-order valence-electron chi connectivity index (χ4n) is 3.67. The Bertz CT molecular complexity index is 336. The van der Waals surface area contributed by atoms with E-state index in [2.05, 4.69) is 19.2 Å². The molecule has 0 aromatic heterocycles. The maximum atomic E-state index is 12.6. The zero-order valence-electron chi connectivity index (χ0n) is 19.7. The van der Waals surface area contributed by atoms with Crippen LogP contribution in [-0.4, -0.2) is 37.4 Å². The molecule has 0 aliphatic heterocycles. The van der Waals surface area contributed by atoms with Gasteiger partial charge in [0.15, 0.2) is 0 Å². The number of carbonyl (C=O) groups is 1. The van der Waals surface area contributed by atoms with E-state index in [0.717, 1.165) is 64.5 Å². The van der Waals surface area contributed by atoms with E-state index in [1.165, 1.54) is 57.8 Å². The lowest BCUT2D eigenvalue weighted by atomic mass is 9.94. The fraction of sp³-hybridized carbons (Fsp3) is 0.960. The van der Waals surface area contributed by atoms with Gasteiger partial charge in [0.25, 0.3) is 0 Å². The molecule has 0 saturated carbocycles. The van der Waals surface area contributed by atoms with Crippen LogP contribution in [0.25, 0.3) is 0 Å². The van der Waals surface area contributed by atoms with E-state index in [9.17, 15) is 4.79 Å². The van der Waals surface area contributed by atoms with Crippen molar-refractivity contribution in [2.75, 3.05) is 26.3 Å². The maximum Gasteiger partial charge on any atom is 0.308 e. The summed E-state index contributed by atoms with van der Waals surface area (Å²) in [6.07, 6.45) is 19.7. The molecule has 0 aliphatic rings. The molecule has 0 aromatic carbocycles. The Kier molecular flexibility index (Phi) is 23.2. The number of ether oxygens (including phenoxy) is 1. The Morgan fingerprint density at radius 3 is 1.86 bits per heavy atom. The standard InChI is InChI=1S/C25H51NO3/c1-3-5-7-9-10-13-19-24(18-12-8-6-4-2)25(28)29-23-17-11-14-20-26-21-15-16-22-27/h24,26-27H,3-23H2,1-2H3. The van der Waals surface area contributed by atoms with Gasteiger partial charge in [-0.25, -0.2) is 0 Å². The molecule has 174 valence electrons. The van der Waals surface area contributed by atoms with Gasteiger partial charge in [-0.15, -0.1) is 0 Å². The molecular weight excluding hydrogens is 362 g/mol. The van der Waals surface area contributed by atoms with Gasteiger partial charge in [-0.05, 0) is 58.0 Å². The molecule has 0 aliphatic carbocycles. The van der Waals surface area contributed by atoms with Crippen LogP contribution in [0.2, 0.25) is 0 Å².